The van der Waals surface area contributed by atoms with Crippen molar-refractivity contribution in [1.29, 1.82) is 0 Å². The van der Waals surface area contributed by atoms with Gasteiger partial charge in [-0.05, 0) is 37.5 Å². The molecule has 2 N–H and O–H groups in total. The van der Waals surface area contributed by atoms with Crippen LogP contribution in [0.3, 0.4) is 0 Å². The van der Waals surface area contributed by atoms with Crippen LogP contribution in [-0.4, -0.2) is 71.1 Å². The van der Waals surface area contributed by atoms with Crippen LogP contribution in [0.5, 0.6) is 0 Å². The van der Waals surface area contributed by atoms with Gasteiger partial charge in [-0.3, -0.25) is 4.79 Å². The van der Waals surface area contributed by atoms with Gasteiger partial charge in [0.15, 0.2) is 0 Å². The van der Waals surface area contributed by atoms with E-state index in [9.17, 15) is 4.79 Å². The van der Waals surface area contributed by atoms with Crippen LogP contribution in [0.15, 0.2) is 36.8 Å². The normalized spacial score (nSPS) is 18.8. The van der Waals surface area contributed by atoms with E-state index in [4.69, 9.17) is 5.73 Å². The van der Waals surface area contributed by atoms with Crippen molar-refractivity contribution in [2.75, 3.05) is 49.1 Å². The number of nitrogens with zero attached hydrogens (tertiary/aromatic N) is 6. The number of hydrogen-bond donors (Lipinski definition) is 1. The van der Waals surface area contributed by atoms with Gasteiger partial charge in [-0.15, -0.1) is 0 Å². The molecule has 1 amide bonds. The van der Waals surface area contributed by atoms with Crippen molar-refractivity contribution in [2.24, 2.45) is 5.73 Å². The highest BCUT2D eigenvalue weighted by atomic mass is 16.2. The first-order chi connectivity index (χ1) is 13.7. The lowest BCUT2D eigenvalue weighted by molar-refractivity contribution is 0.0766. The van der Waals surface area contributed by atoms with Crippen molar-refractivity contribution in [2.45, 2.75) is 25.3 Å². The monoisotopic (exact) mass is 381 g/mol. The zero-order chi connectivity index (χ0) is 19.3. The summed E-state index contributed by atoms with van der Waals surface area (Å²) in [6, 6.07) is 5.95. The molecule has 0 bridgehead atoms. The number of piperidine rings is 1. The lowest BCUT2D eigenvalue weighted by Gasteiger charge is -2.31. The molecule has 8 nitrogen and oxygen atoms in total. The molecule has 2 saturated heterocycles. The third-order valence-electron chi connectivity index (χ3n) is 5.48. The first-order valence-electron chi connectivity index (χ1n) is 9.98. The van der Waals surface area contributed by atoms with E-state index in [1.165, 1.54) is 0 Å². The standard InChI is InChI=1S/C20H27N7O/c21-17-5-11-25(12-6-17)18-4-3-16(15-24-18)19(28)26-9-2-10-27(14-13-26)20-22-7-1-8-23-20/h1,3-4,7-8,15,17H,2,5-6,9-14,21H2. The van der Waals surface area contributed by atoms with Crippen LogP contribution in [0.1, 0.15) is 29.6 Å². The zero-order valence-corrected chi connectivity index (χ0v) is 16.1. The van der Waals surface area contributed by atoms with Gasteiger partial charge in [-0.25, -0.2) is 15.0 Å². The Hall–Kier alpha value is -2.74. The highest BCUT2D eigenvalue weighted by Gasteiger charge is 2.22. The average Bonchev–Trinajstić information content (AvgIpc) is 3.01. The van der Waals surface area contributed by atoms with Gasteiger partial charge in [0, 0.05) is 63.9 Å². The van der Waals surface area contributed by atoms with Crippen molar-refractivity contribution in [3.8, 4) is 0 Å². The van der Waals surface area contributed by atoms with E-state index in [-0.39, 0.29) is 5.91 Å². The fourth-order valence-electron chi connectivity index (χ4n) is 3.79. The molecule has 0 unspecified atom stereocenters. The lowest BCUT2D eigenvalue weighted by atomic mass is 10.1. The summed E-state index contributed by atoms with van der Waals surface area (Å²) in [5, 5.41) is 0. The molecule has 0 spiro atoms. The van der Waals surface area contributed by atoms with Crippen molar-refractivity contribution in [3.63, 3.8) is 0 Å². The van der Waals surface area contributed by atoms with E-state index in [0.717, 1.165) is 63.8 Å². The Labute approximate surface area is 165 Å². The van der Waals surface area contributed by atoms with Gasteiger partial charge in [-0.1, -0.05) is 0 Å². The number of aromatic nitrogens is 3. The molecule has 148 valence electrons. The SMILES string of the molecule is NC1CCN(c2ccc(C(=O)N3CCCN(c4ncccn4)CC3)cn2)CC1. The smallest absolute Gasteiger partial charge is 0.255 e. The predicted octanol–water partition coefficient (Wildman–Crippen LogP) is 1.15. The van der Waals surface area contributed by atoms with Gasteiger partial charge < -0.3 is 20.4 Å². The summed E-state index contributed by atoms with van der Waals surface area (Å²) in [5.74, 6) is 1.69. The maximum Gasteiger partial charge on any atom is 0.255 e. The number of hydrogen-bond acceptors (Lipinski definition) is 7. The van der Waals surface area contributed by atoms with Crippen molar-refractivity contribution >= 4 is 17.7 Å². The van der Waals surface area contributed by atoms with Gasteiger partial charge in [-0.2, -0.15) is 0 Å². The summed E-state index contributed by atoms with van der Waals surface area (Å²) in [6.07, 6.45) is 8.06. The number of rotatable bonds is 3. The minimum Gasteiger partial charge on any atom is -0.357 e. The fourth-order valence-corrected chi connectivity index (χ4v) is 3.79. The molecule has 2 fully saturated rings. The van der Waals surface area contributed by atoms with Crippen LogP contribution >= 0.6 is 0 Å². The summed E-state index contributed by atoms with van der Waals surface area (Å²) in [7, 11) is 0. The van der Waals surface area contributed by atoms with E-state index in [1.54, 1.807) is 18.6 Å². The highest BCUT2D eigenvalue weighted by molar-refractivity contribution is 5.94. The fraction of sp³-hybridized carbons (Fsp3) is 0.500. The summed E-state index contributed by atoms with van der Waals surface area (Å²) >= 11 is 0. The Balaban J connectivity index is 1.37. The molecule has 0 radical (unpaired) electrons. The second kappa shape index (κ2) is 8.52. The minimum absolute atomic E-state index is 0.0375. The zero-order valence-electron chi connectivity index (χ0n) is 16.1. The molecule has 2 aromatic heterocycles. The summed E-state index contributed by atoms with van der Waals surface area (Å²) in [6.45, 7) is 4.81. The van der Waals surface area contributed by atoms with Crippen molar-refractivity contribution in [1.82, 2.24) is 19.9 Å². The Morgan fingerprint density at radius 1 is 0.929 bits per heavy atom. The molecule has 2 aliphatic rings. The van der Waals surface area contributed by atoms with Crippen LogP contribution in [0.25, 0.3) is 0 Å². The number of anilines is 2. The van der Waals surface area contributed by atoms with E-state index in [2.05, 4.69) is 24.8 Å². The van der Waals surface area contributed by atoms with Crippen molar-refractivity contribution in [3.05, 3.63) is 42.4 Å². The molecule has 0 aliphatic carbocycles. The van der Waals surface area contributed by atoms with Gasteiger partial charge in [0.05, 0.1) is 5.56 Å². The van der Waals surface area contributed by atoms with Crippen LogP contribution in [0.2, 0.25) is 0 Å². The number of pyridine rings is 1. The Morgan fingerprint density at radius 3 is 2.43 bits per heavy atom. The molecule has 28 heavy (non-hydrogen) atoms. The molecular formula is C20H27N7O. The first-order valence-corrected chi connectivity index (χ1v) is 9.98. The number of nitrogens with two attached hydrogens (primary N) is 1. The number of carbonyl (C=O) groups is 1. The molecule has 4 heterocycles. The second-order valence-electron chi connectivity index (χ2n) is 7.41. The first kappa shape index (κ1) is 18.6. The van der Waals surface area contributed by atoms with Crippen LogP contribution in [-0.2, 0) is 0 Å². The van der Waals surface area contributed by atoms with Gasteiger partial charge in [0.25, 0.3) is 5.91 Å². The van der Waals surface area contributed by atoms with Crippen LogP contribution < -0.4 is 15.5 Å². The molecule has 8 heteroatoms. The summed E-state index contributed by atoms with van der Waals surface area (Å²) < 4.78 is 0. The number of amides is 1. The average molecular weight is 381 g/mol. The third-order valence-corrected chi connectivity index (χ3v) is 5.48. The van der Waals surface area contributed by atoms with E-state index in [0.29, 0.717) is 18.2 Å². The van der Waals surface area contributed by atoms with Crippen LogP contribution in [0, 0.1) is 0 Å². The molecule has 0 aromatic carbocycles. The quantitative estimate of drug-likeness (QED) is 0.853. The highest BCUT2D eigenvalue weighted by Crippen LogP contribution is 2.18. The molecule has 0 saturated carbocycles. The van der Waals surface area contributed by atoms with Gasteiger partial charge in [0.1, 0.15) is 5.82 Å². The molecule has 4 rings (SSSR count). The van der Waals surface area contributed by atoms with E-state index in [1.807, 2.05) is 23.1 Å². The maximum atomic E-state index is 12.9. The summed E-state index contributed by atoms with van der Waals surface area (Å²) in [5.41, 5.74) is 6.61. The molecule has 2 aliphatic heterocycles. The third kappa shape index (κ3) is 4.22. The number of carbonyl (C=O) groups excluding carboxylic acids is 1. The van der Waals surface area contributed by atoms with Gasteiger partial charge >= 0.3 is 0 Å². The molecular weight excluding hydrogens is 354 g/mol. The predicted molar refractivity (Wildman–Crippen MR) is 108 cm³/mol. The molecule has 2 aromatic rings. The Kier molecular flexibility index (Phi) is 5.66. The van der Waals surface area contributed by atoms with E-state index >= 15 is 0 Å². The Morgan fingerprint density at radius 2 is 1.71 bits per heavy atom. The largest absolute Gasteiger partial charge is 0.357 e. The molecule has 0 atom stereocenters. The minimum atomic E-state index is 0.0375. The lowest BCUT2D eigenvalue weighted by Crippen LogP contribution is -2.40. The van der Waals surface area contributed by atoms with Gasteiger partial charge in [0.2, 0.25) is 5.95 Å². The maximum absolute atomic E-state index is 12.9. The Bertz CT molecular complexity index is 775. The summed E-state index contributed by atoms with van der Waals surface area (Å²) in [4.78, 5) is 32.4. The van der Waals surface area contributed by atoms with E-state index < -0.39 is 0 Å². The van der Waals surface area contributed by atoms with Crippen molar-refractivity contribution < 1.29 is 4.79 Å². The topological polar surface area (TPSA) is 91.5 Å². The second-order valence-corrected chi connectivity index (χ2v) is 7.41. The van der Waals surface area contributed by atoms with Crippen LogP contribution in [0.4, 0.5) is 11.8 Å².